The van der Waals surface area contributed by atoms with Crippen molar-refractivity contribution in [2.24, 2.45) is 0 Å². The molecule has 0 aliphatic rings. The van der Waals surface area contributed by atoms with E-state index in [1.807, 2.05) is 20.8 Å². The SMILES string of the molecule is Cc1cnc(CNc2cnc(C(C)C)nc2C(=O)O)cn1. The molecular formula is C14H17N5O2. The molecule has 0 fully saturated rings. The molecule has 110 valence electrons. The lowest BCUT2D eigenvalue weighted by atomic mass is 10.2. The molecule has 0 saturated carbocycles. The zero-order valence-electron chi connectivity index (χ0n) is 12.2. The van der Waals surface area contributed by atoms with Crippen molar-refractivity contribution in [3.05, 3.63) is 41.5 Å². The number of rotatable bonds is 5. The minimum Gasteiger partial charge on any atom is -0.476 e. The lowest BCUT2D eigenvalue weighted by Crippen LogP contribution is -2.12. The van der Waals surface area contributed by atoms with Gasteiger partial charge in [0.25, 0.3) is 0 Å². The maximum absolute atomic E-state index is 11.3. The maximum atomic E-state index is 11.3. The summed E-state index contributed by atoms with van der Waals surface area (Å²) in [6.45, 7) is 6.04. The number of hydrogen-bond donors (Lipinski definition) is 2. The van der Waals surface area contributed by atoms with Crippen molar-refractivity contribution in [3.63, 3.8) is 0 Å². The Morgan fingerprint density at radius 1 is 1.24 bits per heavy atom. The van der Waals surface area contributed by atoms with Crippen LogP contribution in [0.1, 0.15) is 47.5 Å². The van der Waals surface area contributed by atoms with E-state index in [0.29, 0.717) is 23.8 Å². The van der Waals surface area contributed by atoms with Gasteiger partial charge in [-0.25, -0.2) is 14.8 Å². The Labute approximate surface area is 122 Å². The third-order valence-corrected chi connectivity index (χ3v) is 2.82. The molecule has 0 aliphatic heterocycles. The second kappa shape index (κ2) is 6.25. The summed E-state index contributed by atoms with van der Waals surface area (Å²) in [6, 6.07) is 0. The highest BCUT2D eigenvalue weighted by Gasteiger charge is 2.15. The van der Waals surface area contributed by atoms with E-state index in [0.717, 1.165) is 5.69 Å². The summed E-state index contributed by atoms with van der Waals surface area (Å²) in [5.74, 6) is -0.509. The summed E-state index contributed by atoms with van der Waals surface area (Å²) in [5.41, 5.74) is 1.88. The topological polar surface area (TPSA) is 101 Å². The molecular weight excluding hydrogens is 270 g/mol. The first-order valence-electron chi connectivity index (χ1n) is 6.59. The van der Waals surface area contributed by atoms with E-state index in [-0.39, 0.29) is 11.6 Å². The summed E-state index contributed by atoms with van der Waals surface area (Å²) < 4.78 is 0. The van der Waals surface area contributed by atoms with Crippen LogP contribution in [0.5, 0.6) is 0 Å². The highest BCUT2D eigenvalue weighted by atomic mass is 16.4. The maximum Gasteiger partial charge on any atom is 0.356 e. The van der Waals surface area contributed by atoms with Crippen molar-refractivity contribution < 1.29 is 9.90 Å². The Morgan fingerprint density at radius 2 is 2.00 bits per heavy atom. The molecule has 0 saturated heterocycles. The highest BCUT2D eigenvalue weighted by molar-refractivity contribution is 5.91. The third kappa shape index (κ3) is 3.71. The van der Waals surface area contributed by atoms with Gasteiger partial charge in [-0.2, -0.15) is 0 Å². The molecule has 0 radical (unpaired) electrons. The van der Waals surface area contributed by atoms with E-state index in [4.69, 9.17) is 0 Å². The summed E-state index contributed by atoms with van der Waals surface area (Å²) in [5, 5.41) is 12.2. The standard InChI is InChI=1S/C14H17N5O2/c1-8(2)13-18-7-11(12(19-13)14(20)21)17-6-10-5-15-9(3)4-16-10/h4-5,7-8,17H,6H2,1-3H3,(H,20,21). The van der Waals surface area contributed by atoms with Gasteiger partial charge in [0, 0.05) is 12.1 Å². The average molecular weight is 287 g/mol. The summed E-state index contributed by atoms with van der Waals surface area (Å²) in [6.07, 6.45) is 4.80. The molecule has 0 spiro atoms. The quantitative estimate of drug-likeness (QED) is 0.867. The first-order chi connectivity index (χ1) is 9.97. The van der Waals surface area contributed by atoms with E-state index < -0.39 is 5.97 Å². The van der Waals surface area contributed by atoms with Gasteiger partial charge in [0.15, 0.2) is 5.69 Å². The van der Waals surface area contributed by atoms with E-state index in [1.165, 1.54) is 6.20 Å². The Kier molecular flexibility index (Phi) is 4.42. The molecule has 0 aromatic carbocycles. The van der Waals surface area contributed by atoms with Crippen LogP contribution in [0.15, 0.2) is 18.6 Å². The Balaban J connectivity index is 2.19. The fourth-order valence-electron chi connectivity index (χ4n) is 1.66. The first kappa shape index (κ1) is 14.8. The number of carboxylic acid groups (broad SMARTS) is 1. The van der Waals surface area contributed by atoms with Crippen LogP contribution in [0.4, 0.5) is 5.69 Å². The zero-order chi connectivity index (χ0) is 15.4. The number of carboxylic acids is 1. The molecule has 0 atom stereocenters. The molecule has 2 rings (SSSR count). The molecule has 7 nitrogen and oxygen atoms in total. The Morgan fingerprint density at radius 3 is 2.57 bits per heavy atom. The summed E-state index contributed by atoms with van der Waals surface area (Å²) >= 11 is 0. The van der Waals surface area contributed by atoms with E-state index in [1.54, 1.807) is 12.4 Å². The average Bonchev–Trinajstić information content (AvgIpc) is 2.46. The van der Waals surface area contributed by atoms with Crippen LogP contribution in [0.25, 0.3) is 0 Å². The molecule has 0 aliphatic carbocycles. The number of aryl methyl sites for hydroxylation is 1. The number of aromatic nitrogens is 4. The molecule has 2 N–H and O–H groups in total. The van der Waals surface area contributed by atoms with Crippen molar-refractivity contribution in [3.8, 4) is 0 Å². The normalized spacial score (nSPS) is 10.7. The Bertz CT molecular complexity index is 640. The smallest absolute Gasteiger partial charge is 0.356 e. The van der Waals surface area contributed by atoms with Gasteiger partial charge in [0.05, 0.1) is 36.0 Å². The number of carbonyl (C=O) groups is 1. The zero-order valence-corrected chi connectivity index (χ0v) is 12.2. The van der Waals surface area contributed by atoms with Crippen LogP contribution in [0.2, 0.25) is 0 Å². The molecule has 2 aromatic rings. The Hall–Kier alpha value is -2.57. The van der Waals surface area contributed by atoms with Crippen LogP contribution in [0, 0.1) is 6.92 Å². The van der Waals surface area contributed by atoms with Crippen LogP contribution in [0.3, 0.4) is 0 Å². The van der Waals surface area contributed by atoms with Crippen LogP contribution in [-0.2, 0) is 6.54 Å². The minimum atomic E-state index is -1.09. The predicted molar refractivity (Wildman–Crippen MR) is 77.2 cm³/mol. The molecule has 21 heavy (non-hydrogen) atoms. The van der Waals surface area contributed by atoms with Crippen LogP contribution >= 0.6 is 0 Å². The molecule has 0 bridgehead atoms. The largest absolute Gasteiger partial charge is 0.476 e. The van der Waals surface area contributed by atoms with Crippen molar-refractivity contribution in [1.82, 2.24) is 19.9 Å². The van der Waals surface area contributed by atoms with Crippen molar-refractivity contribution in [1.29, 1.82) is 0 Å². The van der Waals surface area contributed by atoms with Crippen molar-refractivity contribution in [2.75, 3.05) is 5.32 Å². The predicted octanol–water partition coefficient (Wildman–Crippen LogP) is 2.01. The van der Waals surface area contributed by atoms with Gasteiger partial charge in [0.1, 0.15) is 5.82 Å². The number of hydrogen-bond acceptors (Lipinski definition) is 6. The van der Waals surface area contributed by atoms with Gasteiger partial charge in [0.2, 0.25) is 0 Å². The lowest BCUT2D eigenvalue weighted by Gasteiger charge is -2.10. The number of anilines is 1. The summed E-state index contributed by atoms with van der Waals surface area (Å²) in [7, 11) is 0. The highest BCUT2D eigenvalue weighted by Crippen LogP contribution is 2.17. The van der Waals surface area contributed by atoms with E-state index in [2.05, 4.69) is 25.3 Å². The fraction of sp³-hybridized carbons (Fsp3) is 0.357. The van der Waals surface area contributed by atoms with Gasteiger partial charge in [-0.3, -0.25) is 9.97 Å². The number of aromatic carboxylic acids is 1. The number of nitrogens with zero attached hydrogens (tertiary/aromatic N) is 4. The van der Waals surface area contributed by atoms with Crippen molar-refractivity contribution >= 4 is 11.7 Å². The summed E-state index contributed by atoms with van der Waals surface area (Å²) in [4.78, 5) is 27.9. The second-order valence-corrected chi connectivity index (χ2v) is 4.95. The fourth-order valence-corrected chi connectivity index (χ4v) is 1.66. The van der Waals surface area contributed by atoms with Crippen LogP contribution in [-0.4, -0.2) is 31.0 Å². The van der Waals surface area contributed by atoms with E-state index in [9.17, 15) is 9.90 Å². The first-order valence-corrected chi connectivity index (χ1v) is 6.59. The van der Waals surface area contributed by atoms with Crippen molar-refractivity contribution in [2.45, 2.75) is 33.2 Å². The second-order valence-electron chi connectivity index (χ2n) is 4.95. The van der Waals surface area contributed by atoms with E-state index >= 15 is 0 Å². The molecule has 2 heterocycles. The van der Waals surface area contributed by atoms with Gasteiger partial charge in [-0.1, -0.05) is 13.8 Å². The number of nitrogens with one attached hydrogen (secondary N) is 1. The molecule has 0 unspecified atom stereocenters. The van der Waals surface area contributed by atoms with Gasteiger partial charge in [-0.05, 0) is 6.92 Å². The third-order valence-electron chi connectivity index (χ3n) is 2.82. The monoisotopic (exact) mass is 287 g/mol. The molecule has 7 heteroatoms. The minimum absolute atomic E-state index is 0.0335. The molecule has 0 amide bonds. The van der Waals surface area contributed by atoms with Gasteiger partial charge < -0.3 is 10.4 Å². The van der Waals surface area contributed by atoms with Gasteiger partial charge in [-0.15, -0.1) is 0 Å². The van der Waals surface area contributed by atoms with Crippen LogP contribution < -0.4 is 5.32 Å². The van der Waals surface area contributed by atoms with Gasteiger partial charge >= 0.3 is 5.97 Å². The molecule has 2 aromatic heterocycles. The lowest BCUT2D eigenvalue weighted by molar-refractivity contribution is 0.0691.